The number of hydrogen-bond donors (Lipinski definition) is 1. The number of aliphatic hydroxyl groups is 1. The standard InChI is InChI=1S/C10H12O3/c11-9-6-12-10(13-7-9)8-4-2-1-3-5-8/h1-5,9-11H,6-7H2/t9-,10-. The van der Waals surface area contributed by atoms with Crippen molar-refractivity contribution < 1.29 is 14.6 Å². The molecule has 1 aliphatic heterocycles. The third kappa shape index (κ3) is 2.06. The molecular weight excluding hydrogens is 168 g/mol. The zero-order chi connectivity index (χ0) is 9.10. The van der Waals surface area contributed by atoms with E-state index in [2.05, 4.69) is 0 Å². The maximum Gasteiger partial charge on any atom is 0.184 e. The van der Waals surface area contributed by atoms with Crippen LogP contribution in [0.4, 0.5) is 0 Å². The molecule has 1 N–H and O–H groups in total. The Labute approximate surface area is 76.9 Å². The summed E-state index contributed by atoms with van der Waals surface area (Å²) in [5.74, 6) is 0. The van der Waals surface area contributed by atoms with Crippen LogP contribution >= 0.6 is 0 Å². The Hall–Kier alpha value is -0.900. The Morgan fingerprint density at radius 3 is 2.31 bits per heavy atom. The second kappa shape index (κ2) is 3.87. The van der Waals surface area contributed by atoms with Crippen molar-refractivity contribution in [2.24, 2.45) is 0 Å². The van der Waals surface area contributed by atoms with Crippen LogP contribution in [-0.4, -0.2) is 24.4 Å². The minimum absolute atomic E-state index is 0.315. The van der Waals surface area contributed by atoms with E-state index >= 15 is 0 Å². The van der Waals surface area contributed by atoms with Gasteiger partial charge in [0.05, 0.1) is 13.2 Å². The van der Waals surface area contributed by atoms with Gasteiger partial charge >= 0.3 is 0 Å². The summed E-state index contributed by atoms with van der Waals surface area (Å²) in [6.07, 6.45) is -0.801. The van der Waals surface area contributed by atoms with Crippen LogP contribution in [0.2, 0.25) is 0 Å². The summed E-state index contributed by atoms with van der Waals surface area (Å²) in [5.41, 5.74) is 0.995. The second-order valence-corrected chi connectivity index (χ2v) is 3.06. The molecule has 1 fully saturated rings. The highest BCUT2D eigenvalue weighted by molar-refractivity contribution is 5.16. The van der Waals surface area contributed by atoms with Gasteiger partial charge in [0.1, 0.15) is 6.10 Å². The van der Waals surface area contributed by atoms with E-state index in [-0.39, 0.29) is 6.29 Å². The summed E-state index contributed by atoms with van der Waals surface area (Å²) in [6, 6.07) is 9.71. The van der Waals surface area contributed by atoms with Crippen molar-refractivity contribution in [2.45, 2.75) is 12.4 Å². The van der Waals surface area contributed by atoms with Crippen molar-refractivity contribution >= 4 is 0 Å². The van der Waals surface area contributed by atoms with Crippen molar-refractivity contribution in [3.05, 3.63) is 35.9 Å². The van der Waals surface area contributed by atoms with Gasteiger partial charge in [-0.1, -0.05) is 30.3 Å². The monoisotopic (exact) mass is 180 g/mol. The van der Waals surface area contributed by atoms with Gasteiger partial charge in [-0.25, -0.2) is 0 Å². The first kappa shape index (κ1) is 8.69. The summed E-state index contributed by atoms with van der Waals surface area (Å²) < 4.78 is 10.6. The molecule has 0 atom stereocenters. The van der Waals surface area contributed by atoms with Crippen molar-refractivity contribution in [1.82, 2.24) is 0 Å². The van der Waals surface area contributed by atoms with E-state index in [0.717, 1.165) is 5.56 Å². The Morgan fingerprint density at radius 2 is 1.69 bits per heavy atom. The average molecular weight is 180 g/mol. The highest BCUT2D eigenvalue weighted by Crippen LogP contribution is 2.22. The van der Waals surface area contributed by atoms with Gasteiger partial charge in [0.2, 0.25) is 0 Å². The predicted octanol–water partition coefficient (Wildman–Crippen LogP) is 1.09. The molecule has 70 valence electrons. The van der Waals surface area contributed by atoms with Gasteiger partial charge in [-0.05, 0) is 0 Å². The summed E-state index contributed by atoms with van der Waals surface area (Å²) in [4.78, 5) is 0. The van der Waals surface area contributed by atoms with Crippen LogP contribution in [0.25, 0.3) is 0 Å². The number of benzene rings is 1. The lowest BCUT2D eigenvalue weighted by Crippen LogP contribution is -2.30. The number of hydrogen-bond acceptors (Lipinski definition) is 3. The molecule has 0 radical (unpaired) electrons. The molecule has 0 saturated carbocycles. The third-order valence-electron chi connectivity index (χ3n) is 1.95. The summed E-state index contributed by atoms with van der Waals surface area (Å²) in [6.45, 7) is 0.694. The topological polar surface area (TPSA) is 38.7 Å². The molecule has 0 spiro atoms. The first-order valence-electron chi connectivity index (χ1n) is 4.32. The summed E-state index contributed by atoms with van der Waals surface area (Å²) >= 11 is 0. The maximum atomic E-state index is 9.12. The molecule has 3 nitrogen and oxygen atoms in total. The van der Waals surface area contributed by atoms with Gasteiger partial charge in [0, 0.05) is 5.56 Å². The Morgan fingerprint density at radius 1 is 1.08 bits per heavy atom. The molecule has 0 aromatic heterocycles. The van der Waals surface area contributed by atoms with E-state index in [1.165, 1.54) is 0 Å². The van der Waals surface area contributed by atoms with Gasteiger partial charge in [0.25, 0.3) is 0 Å². The average Bonchev–Trinajstić information content (AvgIpc) is 2.20. The largest absolute Gasteiger partial charge is 0.388 e. The maximum absolute atomic E-state index is 9.12. The molecule has 1 saturated heterocycles. The zero-order valence-electron chi connectivity index (χ0n) is 7.22. The lowest BCUT2D eigenvalue weighted by atomic mass is 10.2. The molecule has 1 aromatic carbocycles. The van der Waals surface area contributed by atoms with Crippen molar-refractivity contribution in [2.75, 3.05) is 13.2 Å². The van der Waals surface area contributed by atoms with E-state index in [0.29, 0.717) is 13.2 Å². The highest BCUT2D eigenvalue weighted by Gasteiger charge is 2.21. The van der Waals surface area contributed by atoms with Gasteiger partial charge in [-0.3, -0.25) is 0 Å². The van der Waals surface area contributed by atoms with E-state index in [1.54, 1.807) is 0 Å². The van der Waals surface area contributed by atoms with E-state index < -0.39 is 6.10 Å². The van der Waals surface area contributed by atoms with Gasteiger partial charge in [-0.15, -0.1) is 0 Å². The van der Waals surface area contributed by atoms with Gasteiger partial charge in [0.15, 0.2) is 6.29 Å². The van der Waals surface area contributed by atoms with Crippen LogP contribution in [0, 0.1) is 0 Å². The molecule has 0 unspecified atom stereocenters. The van der Waals surface area contributed by atoms with E-state index in [1.807, 2.05) is 30.3 Å². The van der Waals surface area contributed by atoms with Gasteiger partial charge in [-0.2, -0.15) is 0 Å². The quantitative estimate of drug-likeness (QED) is 0.703. The van der Waals surface area contributed by atoms with Crippen LogP contribution in [0.5, 0.6) is 0 Å². The first-order valence-corrected chi connectivity index (χ1v) is 4.32. The molecular formula is C10H12O3. The lowest BCUT2D eigenvalue weighted by Gasteiger charge is -2.26. The van der Waals surface area contributed by atoms with Crippen molar-refractivity contribution in [3.8, 4) is 0 Å². The smallest absolute Gasteiger partial charge is 0.184 e. The lowest BCUT2D eigenvalue weighted by molar-refractivity contribution is -0.220. The third-order valence-corrected chi connectivity index (χ3v) is 1.95. The molecule has 0 bridgehead atoms. The molecule has 13 heavy (non-hydrogen) atoms. The fraction of sp³-hybridized carbons (Fsp3) is 0.400. The number of aliphatic hydroxyl groups excluding tert-OH is 1. The number of rotatable bonds is 1. The van der Waals surface area contributed by atoms with Crippen molar-refractivity contribution in [3.63, 3.8) is 0 Å². The molecule has 1 aromatic rings. The minimum atomic E-state index is -0.486. The Bertz CT molecular complexity index is 252. The van der Waals surface area contributed by atoms with E-state index in [9.17, 15) is 0 Å². The van der Waals surface area contributed by atoms with Crippen molar-refractivity contribution in [1.29, 1.82) is 0 Å². The normalized spacial score (nSPS) is 28.7. The molecule has 1 aliphatic rings. The minimum Gasteiger partial charge on any atom is -0.388 e. The predicted molar refractivity (Wildman–Crippen MR) is 47.1 cm³/mol. The molecule has 1 heterocycles. The summed E-state index contributed by atoms with van der Waals surface area (Å²) in [7, 11) is 0. The SMILES string of the molecule is O[C@H]1CO[C@H](c2ccccc2)OC1. The van der Waals surface area contributed by atoms with Crippen LogP contribution in [-0.2, 0) is 9.47 Å². The molecule has 2 rings (SSSR count). The van der Waals surface area contributed by atoms with Crippen LogP contribution < -0.4 is 0 Å². The summed E-state index contributed by atoms with van der Waals surface area (Å²) in [5, 5.41) is 9.12. The fourth-order valence-electron chi connectivity index (χ4n) is 1.30. The van der Waals surface area contributed by atoms with E-state index in [4.69, 9.17) is 14.6 Å². The van der Waals surface area contributed by atoms with Crippen LogP contribution in [0.3, 0.4) is 0 Å². The first-order chi connectivity index (χ1) is 6.36. The molecule has 0 amide bonds. The fourth-order valence-corrected chi connectivity index (χ4v) is 1.30. The number of ether oxygens (including phenoxy) is 2. The Balaban J connectivity index is 2.03. The van der Waals surface area contributed by atoms with Crippen LogP contribution in [0.15, 0.2) is 30.3 Å². The molecule has 3 heteroatoms. The second-order valence-electron chi connectivity index (χ2n) is 3.06. The van der Waals surface area contributed by atoms with Crippen LogP contribution in [0.1, 0.15) is 11.9 Å². The molecule has 0 aliphatic carbocycles. The highest BCUT2D eigenvalue weighted by atomic mass is 16.7. The van der Waals surface area contributed by atoms with Gasteiger partial charge < -0.3 is 14.6 Å². The Kier molecular flexibility index (Phi) is 2.59. The zero-order valence-corrected chi connectivity index (χ0v) is 7.22.